The number of benzene rings is 1. The average Bonchev–Trinajstić information content (AvgIpc) is 2.38. The highest BCUT2D eigenvalue weighted by atomic mass is 79.9. The molecule has 1 fully saturated rings. The maximum Gasteiger partial charge on any atom is 0.176 e. The molecule has 2 nitrogen and oxygen atoms in total. The predicted octanol–water partition coefficient (Wildman–Crippen LogP) is 4.22. The number of carbonyl (C=O) groups is 1. The van der Waals surface area contributed by atoms with Crippen LogP contribution in [0.1, 0.15) is 42.5 Å². The fraction of sp³-hybridized carbons (Fsp3) is 0.500. The Kier molecular flexibility index (Phi) is 4.45. The summed E-state index contributed by atoms with van der Waals surface area (Å²) in [6.07, 6.45) is 5.40. The van der Waals surface area contributed by atoms with Gasteiger partial charge in [0.1, 0.15) is 5.75 Å². The Labute approximate surface area is 119 Å². The van der Waals surface area contributed by atoms with Crippen LogP contribution in [0.15, 0.2) is 22.7 Å². The first-order chi connectivity index (χ1) is 8.57. The summed E-state index contributed by atoms with van der Waals surface area (Å²) in [5.41, 5.74) is 0.684. The van der Waals surface area contributed by atoms with Crippen LogP contribution in [0.2, 0.25) is 0 Å². The molecule has 0 bridgehead atoms. The van der Waals surface area contributed by atoms with Gasteiger partial charge in [-0.05, 0) is 31.0 Å². The molecule has 0 saturated heterocycles. The van der Waals surface area contributed by atoms with Crippen molar-refractivity contribution < 1.29 is 9.53 Å². The molecule has 0 radical (unpaired) electrons. The third-order valence-electron chi connectivity index (χ3n) is 3.60. The van der Waals surface area contributed by atoms with E-state index in [2.05, 4.69) is 25.2 Å². The van der Waals surface area contributed by atoms with Gasteiger partial charge in [-0.15, -0.1) is 9.24 Å². The van der Waals surface area contributed by atoms with Crippen molar-refractivity contribution in [2.75, 3.05) is 7.11 Å². The molecule has 4 heteroatoms. The number of methoxy groups -OCH3 is 1. The number of Topliss-reactive ketones (excluding diaryl/α,β-unsaturated/α-hetero) is 1. The summed E-state index contributed by atoms with van der Waals surface area (Å²) in [5.74, 6) is 0.848. The number of ketones is 1. The second-order valence-corrected chi connectivity index (χ2v) is 6.91. The molecule has 2 rings (SSSR count). The quantitative estimate of drug-likeness (QED) is 0.613. The monoisotopic (exact) mass is 328 g/mol. The normalized spacial score (nSPS) is 18.4. The summed E-state index contributed by atoms with van der Waals surface area (Å²) in [7, 11) is 4.40. The molecule has 1 unspecified atom stereocenters. The molecule has 0 spiro atoms. The molecule has 0 aromatic heterocycles. The molecule has 1 aliphatic carbocycles. The lowest BCUT2D eigenvalue weighted by atomic mass is 9.82. The number of ether oxygens (including phenoxy) is 1. The number of hydrogen-bond donors (Lipinski definition) is 0. The van der Waals surface area contributed by atoms with E-state index in [1.165, 1.54) is 6.42 Å². The van der Waals surface area contributed by atoms with E-state index in [0.717, 1.165) is 30.2 Å². The van der Waals surface area contributed by atoms with Crippen molar-refractivity contribution in [3.63, 3.8) is 0 Å². The Bertz CT molecular complexity index is 453. The van der Waals surface area contributed by atoms with E-state index in [1.54, 1.807) is 7.11 Å². The Balaban J connectivity index is 2.35. The minimum Gasteiger partial charge on any atom is -0.496 e. The molecular formula is C14H18BrO2P. The maximum atomic E-state index is 12.7. The summed E-state index contributed by atoms with van der Waals surface area (Å²) in [4.78, 5) is 12.7. The number of rotatable bonds is 3. The van der Waals surface area contributed by atoms with Gasteiger partial charge in [0, 0.05) is 9.63 Å². The van der Waals surface area contributed by atoms with Crippen LogP contribution in [0.25, 0.3) is 0 Å². The summed E-state index contributed by atoms with van der Waals surface area (Å²) < 4.78 is 6.22. The molecule has 0 amide bonds. The Hall–Kier alpha value is -0.400. The van der Waals surface area contributed by atoms with Crippen LogP contribution < -0.4 is 4.74 Å². The van der Waals surface area contributed by atoms with Crippen LogP contribution >= 0.6 is 25.2 Å². The zero-order chi connectivity index (χ0) is 13.2. The Morgan fingerprint density at radius 1 is 1.33 bits per heavy atom. The zero-order valence-corrected chi connectivity index (χ0v) is 13.3. The van der Waals surface area contributed by atoms with Crippen molar-refractivity contribution in [3.8, 4) is 5.75 Å². The molecule has 1 aromatic carbocycles. The smallest absolute Gasteiger partial charge is 0.176 e. The molecule has 98 valence electrons. The van der Waals surface area contributed by atoms with E-state index in [-0.39, 0.29) is 10.9 Å². The number of halogens is 1. The molecule has 1 aromatic rings. The van der Waals surface area contributed by atoms with Gasteiger partial charge in [-0.25, -0.2) is 0 Å². The summed E-state index contributed by atoms with van der Waals surface area (Å²) in [6, 6.07) is 5.60. The summed E-state index contributed by atoms with van der Waals surface area (Å²) >= 11 is 3.42. The minimum atomic E-state index is -0.299. The second kappa shape index (κ2) is 5.71. The lowest BCUT2D eigenvalue weighted by molar-refractivity contribution is 0.0915. The van der Waals surface area contributed by atoms with Gasteiger partial charge in [-0.2, -0.15) is 0 Å². The molecule has 18 heavy (non-hydrogen) atoms. The lowest BCUT2D eigenvalue weighted by Crippen LogP contribution is -2.34. The van der Waals surface area contributed by atoms with Crippen LogP contribution in [0, 0.1) is 0 Å². The van der Waals surface area contributed by atoms with Gasteiger partial charge in [0.2, 0.25) is 0 Å². The van der Waals surface area contributed by atoms with Crippen LogP contribution in [-0.4, -0.2) is 18.0 Å². The van der Waals surface area contributed by atoms with E-state index in [1.807, 2.05) is 18.2 Å². The SMILES string of the molecule is COc1ccc(Br)cc1C(=O)C1(P)CCCCC1. The lowest BCUT2D eigenvalue weighted by Gasteiger charge is -2.32. The van der Waals surface area contributed by atoms with E-state index < -0.39 is 0 Å². The molecule has 0 N–H and O–H groups in total. The van der Waals surface area contributed by atoms with Crippen molar-refractivity contribution in [2.45, 2.75) is 37.3 Å². The maximum absolute atomic E-state index is 12.7. The van der Waals surface area contributed by atoms with Crippen molar-refractivity contribution in [1.82, 2.24) is 0 Å². The number of hydrogen-bond acceptors (Lipinski definition) is 2. The van der Waals surface area contributed by atoms with Gasteiger partial charge in [0.05, 0.1) is 12.7 Å². The van der Waals surface area contributed by atoms with E-state index >= 15 is 0 Å². The fourth-order valence-corrected chi connectivity index (χ4v) is 3.46. The number of carbonyl (C=O) groups excluding carboxylic acids is 1. The average molecular weight is 329 g/mol. The standard InChI is InChI=1S/C14H18BrO2P/c1-17-12-6-5-10(15)9-11(12)13(16)14(18)7-3-2-4-8-14/h5-6,9H,2-4,7-8,18H2,1H3. The van der Waals surface area contributed by atoms with Gasteiger partial charge < -0.3 is 4.74 Å². The fourth-order valence-electron chi connectivity index (χ4n) is 2.54. The molecule has 1 saturated carbocycles. The first-order valence-electron chi connectivity index (χ1n) is 6.24. The second-order valence-electron chi connectivity index (χ2n) is 4.89. The van der Waals surface area contributed by atoms with E-state index in [0.29, 0.717) is 11.3 Å². The molecule has 0 heterocycles. The van der Waals surface area contributed by atoms with Crippen molar-refractivity contribution >= 4 is 31.0 Å². The highest BCUT2D eigenvalue weighted by molar-refractivity contribution is 9.10. The molecule has 1 aliphatic rings. The third kappa shape index (κ3) is 2.78. The van der Waals surface area contributed by atoms with Crippen molar-refractivity contribution in [1.29, 1.82) is 0 Å². The van der Waals surface area contributed by atoms with Crippen LogP contribution in [0.5, 0.6) is 5.75 Å². The molecule has 0 aliphatic heterocycles. The predicted molar refractivity (Wildman–Crippen MR) is 80.6 cm³/mol. The van der Waals surface area contributed by atoms with Gasteiger partial charge >= 0.3 is 0 Å². The van der Waals surface area contributed by atoms with Gasteiger partial charge in [0.25, 0.3) is 0 Å². The first kappa shape index (κ1) is 14.0. The van der Waals surface area contributed by atoms with Crippen LogP contribution in [-0.2, 0) is 0 Å². The van der Waals surface area contributed by atoms with Crippen LogP contribution in [0.4, 0.5) is 0 Å². The topological polar surface area (TPSA) is 26.3 Å². The van der Waals surface area contributed by atoms with Gasteiger partial charge in [0.15, 0.2) is 5.78 Å². The van der Waals surface area contributed by atoms with Gasteiger partial charge in [-0.1, -0.05) is 35.2 Å². The highest BCUT2D eigenvalue weighted by Crippen LogP contribution is 2.40. The minimum absolute atomic E-state index is 0.186. The van der Waals surface area contributed by atoms with Crippen LogP contribution in [0.3, 0.4) is 0 Å². The Morgan fingerprint density at radius 3 is 2.61 bits per heavy atom. The van der Waals surface area contributed by atoms with E-state index in [9.17, 15) is 4.79 Å². The van der Waals surface area contributed by atoms with Crippen molar-refractivity contribution in [2.24, 2.45) is 0 Å². The highest BCUT2D eigenvalue weighted by Gasteiger charge is 2.36. The van der Waals surface area contributed by atoms with E-state index in [4.69, 9.17) is 4.74 Å². The Morgan fingerprint density at radius 2 is 2.00 bits per heavy atom. The molecule has 1 atom stereocenters. The summed E-state index contributed by atoms with van der Waals surface area (Å²) in [6.45, 7) is 0. The third-order valence-corrected chi connectivity index (χ3v) is 4.94. The first-order valence-corrected chi connectivity index (χ1v) is 7.61. The summed E-state index contributed by atoms with van der Waals surface area (Å²) in [5, 5.41) is -0.299. The van der Waals surface area contributed by atoms with Gasteiger partial charge in [-0.3, -0.25) is 4.79 Å². The zero-order valence-electron chi connectivity index (χ0n) is 10.5. The molecular weight excluding hydrogens is 311 g/mol. The largest absolute Gasteiger partial charge is 0.496 e. The van der Waals surface area contributed by atoms with Crippen molar-refractivity contribution in [3.05, 3.63) is 28.2 Å².